The van der Waals surface area contributed by atoms with Crippen molar-refractivity contribution in [3.8, 4) is 0 Å². The molecule has 0 aromatic carbocycles. The molecule has 2 aliphatic rings. The topological polar surface area (TPSA) is 41.6 Å². The van der Waals surface area contributed by atoms with Gasteiger partial charge in [0.15, 0.2) is 0 Å². The number of hydrogen-bond acceptors (Lipinski definition) is 3. The van der Waals surface area contributed by atoms with Crippen molar-refractivity contribution in [1.82, 2.24) is 10.2 Å². The van der Waals surface area contributed by atoms with Gasteiger partial charge in [-0.15, -0.1) is 0 Å². The molecular weight excluding hydrogens is 254 g/mol. The van der Waals surface area contributed by atoms with Crippen LogP contribution in [0.25, 0.3) is 0 Å². The average Bonchev–Trinajstić information content (AvgIpc) is 2.65. The fourth-order valence-corrected chi connectivity index (χ4v) is 2.61. The van der Waals surface area contributed by atoms with Crippen molar-refractivity contribution in [2.45, 2.75) is 63.6 Å². The van der Waals surface area contributed by atoms with Crippen molar-refractivity contribution in [1.29, 1.82) is 0 Å². The molecule has 2 fully saturated rings. The minimum Gasteiger partial charge on any atom is -0.444 e. The van der Waals surface area contributed by atoms with E-state index in [1.54, 1.807) is 20.8 Å². The molecule has 1 N–H and O–H groups in total. The zero-order chi connectivity index (χ0) is 14.3. The smallest absolute Gasteiger partial charge is 0.410 e. The predicted octanol–water partition coefficient (Wildman–Crippen LogP) is 2.38. The molecule has 2 rings (SSSR count). The van der Waals surface area contributed by atoms with Gasteiger partial charge < -0.3 is 15.0 Å². The second-order valence-corrected chi connectivity index (χ2v) is 6.45. The van der Waals surface area contributed by atoms with Crippen LogP contribution in [-0.4, -0.2) is 47.7 Å². The summed E-state index contributed by atoms with van der Waals surface area (Å²) in [4.78, 5) is 13.8. The van der Waals surface area contributed by atoms with Gasteiger partial charge in [-0.05, 0) is 33.7 Å². The summed E-state index contributed by atoms with van der Waals surface area (Å²) in [6.45, 7) is 6.82. The quantitative estimate of drug-likeness (QED) is 0.842. The van der Waals surface area contributed by atoms with Gasteiger partial charge in [-0.25, -0.2) is 13.6 Å². The number of alkyl halides is 2. The summed E-state index contributed by atoms with van der Waals surface area (Å²) in [5.41, 5.74) is -0.604. The first-order valence-electron chi connectivity index (χ1n) is 6.78. The van der Waals surface area contributed by atoms with Gasteiger partial charge in [-0.3, -0.25) is 0 Å². The second kappa shape index (κ2) is 4.89. The lowest BCUT2D eigenvalue weighted by Gasteiger charge is -2.45. The number of ether oxygens (including phenoxy) is 1. The summed E-state index contributed by atoms with van der Waals surface area (Å²) >= 11 is 0. The Labute approximate surface area is 112 Å². The molecule has 0 aromatic rings. The highest BCUT2D eigenvalue weighted by molar-refractivity contribution is 5.69. The molecule has 0 bridgehead atoms. The van der Waals surface area contributed by atoms with Crippen LogP contribution in [0.3, 0.4) is 0 Å². The lowest BCUT2D eigenvalue weighted by Crippen LogP contribution is -2.58. The lowest BCUT2D eigenvalue weighted by molar-refractivity contribution is -0.128. The first-order valence-corrected chi connectivity index (χ1v) is 6.78. The van der Waals surface area contributed by atoms with Crippen LogP contribution in [-0.2, 0) is 4.74 Å². The third kappa shape index (κ3) is 3.55. The maximum absolute atomic E-state index is 13.0. The maximum atomic E-state index is 13.0. The van der Waals surface area contributed by atoms with Crippen LogP contribution in [0.15, 0.2) is 0 Å². The Morgan fingerprint density at radius 1 is 1.32 bits per heavy atom. The second-order valence-electron chi connectivity index (χ2n) is 6.45. The van der Waals surface area contributed by atoms with Crippen molar-refractivity contribution >= 4 is 6.09 Å². The highest BCUT2D eigenvalue weighted by Gasteiger charge is 2.51. The van der Waals surface area contributed by atoms with Gasteiger partial charge in [-0.1, -0.05) is 0 Å². The molecule has 6 heteroatoms. The number of amides is 1. The molecule has 1 saturated heterocycles. The van der Waals surface area contributed by atoms with Crippen molar-refractivity contribution in [3.05, 3.63) is 0 Å². The van der Waals surface area contributed by atoms with Gasteiger partial charge in [0, 0.05) is 31.5 Å². The Kier molecular flexibility index (Phi) is 3.73. The van der Waals surface area contributed by atoms with E-state index in [1.165, 1.54) is 4.90 Å². The van der Waals surface area contributed by atoms with Gasteiger partial charge in [0.2, 0.25) is 0 Å². The van der Waals surface area contributed by atoms with E-state index in [0.29, 0.717) is 6.54 Å². The molecule has 0 radical (unpaired) electrons. The van der Waals surface area contributed by atoms with Crippen molar-refractivity contribution < 1.29 is 18.3 Å². The minimum atomic E-state index is -2.63. The van der Waals surface area contributed by atoms with Gasteiger partial charge in [-0.2, -0.15) is 0 Å². The largest absolute Gasteiger partial charge is 0.444 e. The van der Waals surface area contributed by atoms with Crippen LogP contribution in [0, 0.1) is 0 Å². The molecule has 110 valence electrons. The monoisotopic (exact) mass is 276 g/mol. The van der Waals surface area contributed by atoms with E-state index in [0.717, 1.165) is 13.0 Å². The van der Waals surface area contributed by atoms with Crippen LogP contribution in [0.1, 0.15) is 40.0 Å². The summed E-state index contributed by atoms with van der Waals surface area (Å²) in [7, 11) is 0. The molecular formula is C13H22F2N2O2. The summed E-state index contributed by atoms with van der Waals surface area (Å²) in [5.74, 6) is -2.63. The summed E-state index contributed by atoms with van der Waals surface area (Å²) in [5, 5.41) is 3.16. The lowest BCUT2D eigenvalue weighted by atomic mass is 9.86. The maximum Gasteiger partial charge on any atom is 0.410 e. The Bertz CT molecular complexity index is 341. The fourth-order valence-electron chi connectivity index (χ4n) is 2.61. The molecule has 1 aliphatic carbocycles. The number of carbonyl (C=O) groups excluding carboxylic acids is 1. The highest BCUT2D eigenvalue weighted by atomic mass is 19.3. The third-order valence-electron chi connectivity index (χ3n) is 3.49. The molecule has 1 aliphatic heterocycles. The van der Waals surface area contributed by atoms with E-state index in [-0.39, 0.29) is 18.9 Å². The van der Waals surface area contributed by atoms with Crippen molar-refractivity contribution in [3.63, 3.8) is 0 Å². The first-order chi connectivity index (χ1) is 8.68. The highest BCUT2D eigenvalue weighted by Crippen LogP contribution is 2.42. The fraction of sp³-hybridized carbons (Fsp3) is 0.923. The Morgan fingerprint density at radius 2 is 1.95 bits per heavy atom. The van der Waals surface area contributed by atoms with Crippen LogP contribution >= 0.6 is 0 Å². The van der Waals surface area contributed by atoms with Gasteiger partial charge >= 0.3 is 6.09 Å². The molecule has 1 saturated carbocycles. The van der Waals surface area contributed by atoms with Crippen LogP contribution < -0.4 is 5.32 Å². The predicted molar refractivity (Wildman–Crippen MR) is 67.3 cm³/mol. The average molecular weight is 276 g/mol. The normalized spacial score (nSPS) is 26.9. The molecule has 0 aromatic heterocycles. The number of nitrogens with zero attached hydrogens (tertiary/aromatic N) is 1. The standard InChI is InChI=1S/C13H22F2N2O2/c1-12(2,3)19-11(18)17(9-4-5-16-8-9)10-6-13(14,15)7-10/h9-10,16H,4-8H2,1-3H3/t9-/m1/s1. The molecule has 1 atom stereocenters. The Morgan fingerprint density at radius 3 is 2.37 bits per heavy atom. The molecule has 1 amide bonds. The zero-order valence-electron chi connectivity index (χ0n) is 11.7. The summed E-state index contributed by atoms with van der Waals surface area (Å²) in [6, 6.07) is -0.425. The summed E-state index contributed by atoms with van der Waals surface area (Å²) in [6.07, 6.45) is -0.172. The molecule has 0 spiro atoms. The molecule has 19 heavy (non-hydrogen) atoms. The number of rotatable bonds is 2. The van der Waals surface area contributed by atoms with E-state index in [4.69, 9.17) is 4.74 Å². The summed E-state index contributed by atoms with van der Waals surface area (Å²) < 4.78 is 31.4. The van der Waals surface area contributed by atoms with E-state index in [2.05, 4.69) is 5.32 Å². The van der Waals surface area contributed by atoms with E-state index in [1.807, 2.05) is 0 Å². The molecule has 4 nitrogen and oxygen atoms in total. The zero-order valence-corrected chi connectivity index (χ0v) is 11.7. The minimum absolute atomic E-state index is 0.0315. The van der Waals surface area contributed by atoms with Crippen LogP contribution in [0.4, 0.5) is 13.6 Å². The number of nitrogens with one attached hydrogen (secondary N) is 1. The van der Waals surface area contributed by atoms with Crippen molar-refractivity contribution in [2.75, 3.05) is 13.1 Å². The van der Waals surface area contributed by atoms with Gasteiger partial charge in [0.25, 0.3) is 5.92 Å². The number of halogens is 2. The SMILES string of the molecule is CC(C)(C)OC(=O)N(C1CC(F)(F)C1)[C@@H]1CCNC1. The Hall–Kier alpha value is -0.910. The number of hydrogen-bond donors (Lipinski definition) is 1. The van der Waals surface area contributed by atoms with E-state index in [9.17, 15) is 13.6 Å². The van der Waals surface area contributed by atoms with E-state index < -0.39 is 23.7 Å². The third-order valence-corrected chi connectivity index (χ3v) is 3.49. The molecule has 1 heterocycles. The first kappa shape index (κ1) is 14.5. The van der Waals surface area contributed by atoms with Gasteiger partial charge in [0.05, 0.1) is 0 Å². The van der Waals surface area contributed by atoms with E-state index >= 15 is 0 Å². The van der Waals surface area contributed by atoms with Crippen LogP contribution in [0.2, 0.25) is 0 Å². The number of carbonyl (C=O) groups is 1. The van der Waals surface area contributed by atoms with Crippen molar-refractivity contribution in [2.24, 2.45) is 0 Å². The van der Waals surface area contributed by atoms with Gasteiger partial charge in [0.1, 0.15) is 5.60 Å². The van der Waals surface area contributed by atoms with Crippen LogP contribution in [0.5, 0.6) is 0 Å². The Balaban J connectivity index is 2.04. The molecule has 0 unspecified atom stereocenters.